The number of aromatic hydroxyl groups is 1. The number of ether oxygens (including phenoxy) is 2. The molecular weight excluding hydrogens is 383 g/mol. The molecule has 1 atom stereocenters. The van der Waals surface area contributed by atoms with Gasteiger partial charge in [-0.05, 0) is 25.0 Å². The number of rotatable bonds is 3. The molecule has 0 spiro atoms. The van der Waals surface area contributed by atoms with Crippen molar-refractivity contribution in [2.45, 2.75) is 31.4 Å². The molecule has 2 heterocycles. The van der Waals surface area contributed by atoms with Crippen molar-refractivity contribution in [3.63, 3.8) is 0 Å². The van der Waals surface area contributed by atoms with Gasteiger partial charge in [0.1, 0.15) is 11.9 Å². The number of phenols is 1. The molecule has 0 radical (unpaired) electrons. The van der Waals surface area contributed by atoms with Gasteiger partial charge in [-0.3, -0.25) is 4.79 Å². The summed E-state index contributed by atoms with van der Waals surface area (Å²) >= 11 is 11.7. The maximum absolute atomic E-state index is 12.4. The van der Waals surface area contributed by atoms with Crippen LogP contribution < -0.4 is 5.32 Å². The second-order valence-electron chi connectivity index (χ2n) is 6.39. The number of likely N-dealkylation sites (tertiary alicyclic amines) is 1. The minimum absolute atomic E-state index is 0.0242. The Morgan fingerprint density at radius 3 is 2.62 bits per heavy atom. The molecule has 1 aromatic carbocycles. The number of hydrogen-bond acceptors (Lipinski definition) is 5. The lowest BCUT2D eigenvalue weighted by molar-refractivity contribution is 0.0479. The molecule has 0 aliphatic carbocycles. The molecule has 2 N–H and O–H groups in total. The van der Waals surface area contributed by atoms with Gasteiger partial charge in [0.25, 0.3) is 5.91 Å². The van der Waals surface area contributed by atoms with Crippen molar-refractivity contribution in [3.8, 4) is 5.75 Å². The molecule has 0 bridgehead atoms. The average molecular weight is 403 g/mol. The Bertz CT molecular complexity index is 686. The van der Waals surface area contributed by atoms with E-state index in [4.69, 9.17) is 32.7 Å². The fourth-order valence-corrected chi connectivity index (χ4v) is 3.52. The molecule has 1 aromatic rings. The van der Waals surface area contributed by atoms with Crippen molar-refractivity contribution in [1.29, 1.82) is 0 Å². The number of amides is 2. The predicted octanol–water partition coefficient (Wildman–Crippen LogP) is 2.82. The van der Waals surface area contributed by atoms with Crippen LogP contribution in [0.2, 0.25) is 10.0 Å². The summed E-state index contributed by atoms with van der Waals surface area (Å²) in [6.45, 7) is 2.04. The molecule has 9 heteroatoms. The molecule has 2 saturated heterocycles. The molecule has 2 amide bonds. The van der Waals surface area contributed by atoms with Gasteiger partial charge in [-0.25, -0.2) is 4.79 Å². The number of halogens is 2. The highest BCUT2D eigenvalue weighted by atomic mass is 35.5. The summed E-state index contributed by atoms with van der Waals surface area (Å²) in [4.78, 5) is 26.1. The average Bonchev–Trinajstić information content (AvgIpc) is 3.11. The topological polar surface area (TPSA) is 88.1 Å². The number of phenolic OH excluding ortho intramolecular Hbond substituents is 1. The third-order valence-electron chi connectivity index (χ3n) is 4.52. The first kappa shape index (κ1) is 19.1. The van der Waals surface area contributed by atoms with E-state index in [1.807, 2.05) is 0 Å². The van der Waals surface area contributed by atoms with Gasteiger partial charge < -0.3 is 24.8 Å². The standard InChI is InChI=1S/C17H20Cl2N2O5/c18-10-7-13(15(22)14(19)8-10)16(23)20-11-1-4-21(5-2-11)17(24)26-12-3-6-25-9-12/h7-8,11-12,22H,1-6,9H2,(H,20,23)/t12-/m0/s1. The zero-order valence-corrected chi connectivity index (χ0v) is 15.6. The number of carbonyl (C=O) groups is 2. The van der Waals surface area contributed by atoms with Crippen molar-refractivity contribution in [2.75, 3.05) is 26.3 Å². The normalized spacial score (nSPS) is 20.8. The third kappa shape index (κ3) is 4.52. The molecule has 0 saturated carbocycles. The molecule has 0 unspecified atom stereocenters. The summed E-state index contributed by atoms with van der Waals surface area (Å²) in [6, 6.07) is 2.63. The quantitative estimate of drug-likeness (QED) is 0.811. The molecular formula is C17H20Cl2N2O5. The van der Waals surface area contributed by atoms with Crippen molar-refractivity contribution in [1.82, 2.24) is 10.2 Å². The molecule has 2 aliphatic heterocycles. The van der Waals surface area contributed by atoms with Crippen LogP contribution in [0.1, 0.15) is 29.6 Å². The highest BCUT2D eigenvalue weighted by molar-refractivity contribution is 6.36. The fraction of sp³-hybridized carbons (Fsp3) is 0.529. The Morgan fingerprint density at radius 2 is 1.96 bits per heavy atom. The fourth-order valence-electron chi connectivity index (χ4n) is 3.03. The lowest BCUT2D eigenvalue weighted by Gasteiger charge is -2.32. The van der Waals surface area contributed by atoms with Gasteiger partial charge >= 0.3 is 6.09 Å². The SMILES string of the molecule is O=C(NC1CCN(C(=O)O[C@H]2CCOC2)CC1)c1cc(Cl)cc(Cl)c1O. The first-order chi connectivity index (χ1) is 12.4. The zero-order chi connectivity index (χ0) is 18.7. The van der Waals surface area contributed by atoms with Crippen LogP contribution in [0.4, 0.5) is 4.79 Å². The maximum atomic E-state index is 12.4. The van der Waals surface area contributed by atoms with Gasteiger partial charge in [0, 0.05) is 30.6 Å². The second-order valence-corrected chi connectivity index (χ2v) is 7.23. The molecule has 26 heavy (non-hydrogen) atoms. The van der Waals surface area contributed by atoms with Crippen molar-refractivity contribution in [2.24, 2.45) is 0 Å². The van der Waals surface area contributed by atoms with E-state index in [1.165, 1.54) is 12.1 Å². The maximum Gasteiger partial charge on any atom is 0.410 e. The van der Waals surface area contributed by atoms with Gasteiger partial charge in [-0.2, -0.15) is 0 Å². The summed E-state index contributed by atoms with van der Waals surface area (Å²) < 4.78 is 10.6. The Labute approximate surface area is 161 Å². The number of benzene rings is 1. The number of carbonyl (C=O) groups excluding carboxylic acids is 2. The minimum atomic E-state index is -0.448. The van der Waals surface area contributed by atoms with Crippen LogP contribution in [-0.4, -0.2) is 60.5 Å². The Morgan fingerprint density at radius 1 is 1.23 bits per heavy atom. The molecule has 142 valence electrons. The van der Waals surface area contributed by atoms with Crippen LogP contribution >= 0.6 is 23.2 Å². The van der Waals surface area contributed by atoms with Crippen molar-refractivity contribution in [3.05, 3.63) is 27.7 Å². The second kappa shape index (κ2) is 8.33. The summed E-state index contributed by atoms with van der Waals surface area (Å²) in [7, 11) is 0. The van der Waals surface area contributed by atoms with E-state index < -0.39 is 5.91 Å². The first-order valence-corrected chi connectivity index (χ1v) is 9.22. The highest BCUT2D eigenvalue weighted by Gasteiger charge is 2.28. The molecule has 7 nitrogen and oxygen atoms in total. The van der Waals surface area contributed by atoms with Gasteiger partial charge in [0.2, 0.25) is 0 Å². The van der Waals surface area contributed by atoms with Crippen LogP contribution in [0.25, 0.3) is 0 Å². The van der Waals surface area contributed by atoms with Crippen LogP contribution in [-0.2, 0) is 9.47 Å². The number of nitrogens with zero attached hydrogens (tertiary/aromatic N) is 1. The van der Waals surface area contributed by atoms with E-state index in [9.17, 15) is 14.7 Å². The summed E-state index contributed by atoms with van der Waals surface area (Å²) in [5.74, 6) is -0.746. The lowest BCUT2D eigenvalue weighted by atomic mass is 10.0. The zero-order valence-electron chi connectivity index (χ0n) is 14.0. The largest absolute Gasteiger partial charge is 0.506 e. The van der Waals surface area contributed by atoms with Crippen molar-refractivity contribution < 1.29 is 24.2 Å². The molecule has 0 aromatic heterocycles. The van der Waals surface area contributed by atoms with Crippen LogP contribution in [0.3, 0.4) is 0 Å². The third-order valence-corrected chi connectivity index (χ3v) is 5.02. The smallest absolute Gasteiger partial charge is 0.410 e. The number of piperidine rings is 1. The van der Waals surface area contributed by atoms with E-state index in [1.54, 1.807) is 4.90 Å². The van der Waals surface area contributed by atoms with E-state index in [0.717, 1.165) is 6.42 Å². The Kier molecular flexibility index (Phi) is 6.11. The molecule has 2 aliphatic rings. The van der Waals surface area contributed by atoms with E-state index >= 15 is 0 Å². The highest BCUT2D eigenvalue weighted by Crippen LogP contribution is 2.31. The number of hydrogen-bond donors (Lipinski definition) is 2. The summed E-state index contributed by atoms with van der Waals surface area (Å²) in [5.41, 5.74) is 0.0329. The predicted molar refractivity (Wildman–Crippen MR) is 95.9 cm³/mol. The summed E-state index contributed by atoms with van der Waals surface area (Å²) in [6.07, 6.45) is 1.40. The lowest BCUT2D eigenvalue weighted by Crippen LogP contribution is -2.47. The van der Waals surface area contributed by atoms with Crippen molar-refractivity contribution >= 4 is 35.2 Å². The van der Waals surface area contributed by atoms with Gasteiger partial charge in [0.05, 0.1) is 23.8 Å². The van der Waals surface area contributed by atoms with E-state index in [-0.39, 0.29) is 39.6 Å². The molecule has 3 rings (SSSR count). The van der Waals surface area contributed by atoms with Crippen LogP contribution in [0, 0.1) is 0 Å². The van der Waals surface area contributed by atoms with Crippen LogP contribution in [0.15, 0.2) is 12.1 Å². The van der Waals surface area contributed by atoms with E-state index in [2.05, 4.69) is 5.32 Å². The van der Waals surface area contributed by atoms with Gasteiger partial charge in [-0.1, -0.05) is 23.2 Å². The first-order valence-electron chi connectivity index (χ1n) is 8.46. The van der Waals surface area contributed by atoms with Gasteiger partial charge in [0.15, 0.2) is 0 Å². The van der Waals surface area contributed by atoms with Gasteiger partial charge in [-0.15, -0.1) is 0 Å². The minimum Gasteiger partial charge on any atom is -0.506 e. The summed E-state index contributed by atoms with van der Waals surface area (Å²) in [5, 5.41) is 13.1. The van der Waals surface area contributed by atoms with E-state index in [0.29, 0.717) is 39.1 Å². The number of nitrogens with one attached hydrogen (secondary N) is 1. The Hall–Kier alpha value is -1.70. The van der Waals surface area contributed by atoms with Crippen LogP contribution in [0.5, 0.6) is 5.75 Å². The Balaban J connectivity index is 1.50. The monoisotopic (exact) mass is 402 g/mol. The molecule has 2 fully saturated rings.